The molecule has 2 saturated carbocycles. The van der Waals surface area contributed by atoms with Crippen LogP contribution in [0, 0.1) is 11.3 Å². The van der Waals surface area contributed by atoms with Gasteiger partial charge in [-0.25, -0.2) is 14.8 Å². The molecule has 0 radical (unpaired) electrons. The smallest absolute Gasteiger partial charge is 0.407 e. The first-order valence-corrected chi connectivity index (χ1v) is 11.2. The van der Waals surface area contributed by atoms with Crippen LogP contribution >= 0.6 is 0 Å². The van der Waals surface area contributed by atoms with Crippen molar-refractivity contribution < 1.29 is 14.3 Å². The second-order valence-corrected chi connectivity index (χ2v) is 11.1. The summed E-state index contributed by atoms with van der Waals surface area (Å²) in [6.07, 6.45) is 7.50. The minimum absolute atomic E-state index is 0.0311. The normalized spacial score (nSPS) is 27.4. The molecule has 162 valence electrons. The van der Waals surface area contributed by atoms with E-state index in [-0.39, 0.29) is 28.9 Å². The van der Waals surface area contributed by atoms with Crippen molar-refractivity contribution in [2.75, 3.05) is 19.7 Å². The Labute approximate surface area is 178 Å². The van der Waals surface area contributed by atoms with Gasteiger partial charge >= 0.3 is 6.09 Å². The van der Waals surface area contributed by atoms with Crippen LogP contribution in [-0.4, -0.2) is 52.1 Å². The van der Waals surface area contributed by atoms with Crippen LogP contribution in [0.15, 0.2) is 12.3 Å². The first-order chi connectivity index (χ1) is 14.2. The zero-order valence-electron chi connectivity index (χ0n) is 18.2. The number of piperidine rings is 1. The first-order valence-electron chi connectivity index (χ1n) is 11.2. The van der Waals surface area contributed by atoms with Gasteiger partial charge in [-0.1, -0.05) is 20.8 Å². The molecule has 5 rings (SSSR count). The van der Waals surface area contributed by atoms with Crippen molar-refractivity contribution in [1.29, 1.82) is 0 Å². The third-order valence-electron chi connectivity index (χ3n) is 7.73. The zero-order chi connectivity index (χ0) is 21.1. The van der Waals surface area contributed by atoms with Crippen molar-refractivity contribution >= 4 is 12.0 Å². The van der Waals surface area contributed by atoms with Gasteiger partial charge in [-0.15, -0.1) is 0 Å². The second kappa shape index (κ2) is 6.66. The molecule has 0 bridgehead atoms. The molecule has 7 heteroatoms. The summed E-state index contributed by atoms with van der Waals surface area (Å²) in [4.78, 5) is 35.6. The maximum atomic E-state index is 12.9. The van der Waals surface area contributed by atoms with Crippen LogP contribution < -0.4 is 5.32 Å². The molecule has 1 aromatic heterocycles. The molecule has 4 aliphatic rings. The molecule has 4 fully saturated rings. The van der Waals surface area contributed by atoms with Crippen LogP contribution in [0.1, 0.15) is 76.7 Å². The Morgan fingerprint density at radius 2 is 1.90 bits per heavy atom. The molecule has 1 aromatic rings. The number of hydrogen-bond acceptors (Lipinski definition) is 5. The van der Waals surface area contributed by atoms with Gasteiger partial charge in [-0.3, -0.25) is 4.79 Å². The fraction of sp³-hybridized carbons (Fsp3) is 0.739. The van der Waals surface area contributed by atoms with Crippen molar-refractivity contribution in [3.63, 3.8) is 0 Å². The molecular formula is C23H32N4O3. The van der Waals surface area contributed by atoms with Gasteiger partial charge in [0.25, 0.3) is 0 Å². The Morgan fingerprint density at radius 1 is 1.20 bits per heavy atom. The minimum Gasteiger partial charge on any atom is -0.447 e. The lowest BCUT2D eigenvalue weighted by atomic mass is 9.56. The van der Waals surface area contributed by atoms with Crippen molar-refractivity contribution in [3.8, 4) is 0 Å². The van der Waals surface area contributed by atoms with E-state index in [1.165, 1.54) is 18.5 Å². The van der Waals surface area contributed by atoms with E-state index in [2.05, 4.69) is 42.0 Å². The number of carbonyl (C=O) groups excluding carboxylic acids is 2. The van der Waals surface area contributed by atoms with Gasteiger partial charge in [0.15, 0.2) is 0 Å². The predicted octanol–water partition coefficient (Wildman–Crippen LogP) is 3.15. The Balaban J connectivity index is 1.12. The van der Waals surface area contributed by atoms with Gasteiger partial charge in [-0.2, -0.15) is 0 Å². The van der Waals surface area contributed by atoms with Gasteiger partial charge in [0, 0.05) is 42.2 Å². The number of carbonyl (C=O) groups is 2. The Kier molecular flexibility index (Phi) is 4.39. The van der Waals surface area contributed by atoms with Crippen LogP contribution in [0.2, 0.25) is 0 Å². The van der Waals surface area contributed by atoms with Gasteiger partial charge in [0.05, 0.1) is 5.54 Å². The lowest BCUT2D eigenvalue weighted by molar-refractivity contribution is -0.144. The van der Waals surface area contributed by atoms with Crippen molar-refractivity contribution in [1.82, 2.24) is 20.2 Å². The molecule has 0 atom stereocenters. The summed E-state index contributed by atoms with van der Waals surface area (Å²) in [7, 11) is 0. The maximum Gasteiger partial charge on any atom is 0.407 e. The van der Waals surface area contributed by atoms with Crippen LogP contribution in [0.25, 0.3) is 0 Å². The monoisotopic (exact) mass is 412 g/mol. The lowest BCUT2D eigenvalue weighted by Gasteiger charge is -2.53. The highest BCUT2D eigenvalue weighted by Crippen LogP contribution is 2.56. The van der Waals surface area contributed by atoms with E-state index >= 15 is 0 Å². The van der Waals surface area contributed by atoms with Gasteiger partial charge in [0.2, 0.25) is 5.91 Å². The number of alkyl carbamates (subject to hydrolysis) is 1. The highest BCUT2D eigenvalue weighted by atomic mass is 16.6. The fourth-order valence-corrected chi connectivity index (χ4v) is 5.79. The van der Waals surface area contributed by atoms with E-state index in [9.17, 15) is 9.59 Å². The highest BCUT2D eigenvalue weighted by molar-refractivity contribution is 5.81. The number of nitrogens with zero attached hydrogens (tertiary/aromatic N) is 3. The summed E-state index contributed by atoms with van der Waals surface area (Å²) in [5, 5.41) is 2.88. The molecule has 2 amide bonds. The molecule has 3 heterocycles. The first kappa shape index (κ1) is 19.8. The van der Waals surface area contributed by atoms with Crippen molar-refractivity contribution in [2.24, 2.45) is 11.3 Å². The van der Waals surface area contributed by atoms with Crippen LogP contribution in [0.5, 0.6) is 0 Å². The van der Waals surface area contributed by atoms with E-state index in [0.717, 1.165) is 31.8 Å². The molecule has 30 heavy (non-hydrogen) atoms. The number of cyclic esters (lactones) is 1. The summed E-state index contributed by atoms with van der Waals surface area (Å²) < 4.78 is 5.02. The van der Waals surface area contributed by atoms with Crippen LogP contribution in [0.3, 0.4) is 0 Å². The molecule has 0 aromatic carbocycles. The van der Waals surface area contributed by atoms with Gasteiger partial charge in [-0.05, 0) is 50.0 Å². The van der Waals surface area contributed by atoms with Gasteiger partial charge in [0.1, 0.15) is 12.4 Å². The number of nitrogens with one attached hydrogen (secondary N) is 1. The molecule has 1 N–H and O–H groups in total. The third kappa shape index (κ3) is 3.36. The molecule has 7 nitrogen and oxygen atoms in total. The quantitative estimate of drug-likeness (QED) is 0.807. The molecule has 2 aliphatic carbocycles. The number of hydrogen-bond donors (Lipinski definition) is 1. The number of likely N-dealkylation sites (tertiary alicyclic amines) is 1. The highest BCUT2D eigenvalue weighted by Gasteiger charge is 2.54. The van der Waals surface area contributed by atoms with E-state index in [1.54, 1.807) is 0 Å². The number of rotatable bonds is 2. The Hall–Kier alpha value is -2.18. The van der Waals surface area contributed by atoms with E-state index in [1.807, 2.05) is 6.20 Å². The standard InChI is InChI=1S/C23H32N4O3/c1-21(2,3)19-24-7-4-17(25-19)15-10-22(11-15)5-8-27(9-6-22)18(28)16-12-23(13-16)14-30-20(29)26-23/h4,7,15-16H,5-6,8-14H2,1-3H3,(H,26,29)/t16-,23+. The zero-order valence-corrected chi connectivity index (χ0v) is 18.2. The van der Waals surface area contributed by atoms with Crippen LogP contribution in [0.4, 0.5) is 4.79 Å². The summed E-state index contributed by atoms with van der Waals surface area (Å²) in [5.74, 6) is 1.74. The number of amides is 2. The SMILES string of the molecule is CC(C)(C)c1nccc(C2CC3(CCN(C(=O)[C@H]4C[C@]5(COC(=O)N5)C4)CC3)C2)n1. The van der Waals surface area contributed by atoms with E-state index in [4.69, 9.17) is 9.72 Å². The molecule has 2 aliphatic heterocycles. The fourth-order valence-electron chi connectivity index (χ4n) is 5.79. The van der Waals surface area contributed by atoms with Crippen molar-refractivity contribution in [3.05, 3.63) is 23.8 Å². The summed E-state index contributed by atoms with van der Waals surface area (Å²) in [6, 6.07) is 2.07. The summed E-state index contributed by atoms with van der Waals surface area (Å²) in [5.41, 5.74) is 1.25. The molecular weight excluding hydrogens is 380 g/mol. The molecule has 2 saturated heterocycles. The molecule has 0 unspecified atom stereocenters. The van der Waals surface area contributed by atoms with Crippen molar-refractivity contribution in [2.45, 2.75) is 76.2 Å². The largest absolute Gasteiger partial charge is 0.447 e. The number of aromatic nitrogens is 2. The maximum absolute atomic E-state index is 12.9. The molecule has 2 spiro atoms. The Morgan fingerprint density at radius 3 is 2.50 bits per heavy atom. The number of ether oxygens (including phenoxy) is 1. The van der Waals surface area contributed by atoms with E-state index < -0.39 is 0 Å². The van der Waals surface area contributed by atoms with Crippen LogP contribution in [-0.2, 0) is 14.9 Å². The minimum atomic E-state index is -0.348. The second-order valence-electron chi connectivity index (χ2n) is 11.1. The average molecular weight is 413 g/mol. The predicted molar refractivity (Wildman–Crippen MR) is 111 cm³/mol. The average Bonchev–Trinajstić information content (AvgIpc) is 3.06. The summed E-state index contributed by atoms with van der Waals surface area (Å²) >= 11 is 0. The topological polar surface area (TPSA) is 84.4 Å². The van der Waals surface area contributed by atoms with Gasteiger partial charge < -0.3 is 15.0 Å². The third-order valence-corrected chi connectivity index (χ3v) is 7.73. The Bertz CT molecular complexity index is 855. The summed E-state index contributed by atoms with van der Waals surface area (Å²) in [6.45, 7) is 8.57. The lowest BCUT2D eigenvalue weighted by Crippen LogP contribution is -2.59. The van der Waals surface area contributed by atoms with E-state index in [0.29, 0.717) is 30.8 Å².